The molecule has 0 heterocycles. The number of nitrogens with zero attached hydrogens (tertiary/aromatic N) is 1. The molecule has 0 aliphatic rings. The monoisotopic (exact) mass is 442 g/mol. The third-order valence-corrected chi connectivity index (χ3v) is 5.38. The summed E-state index contributed by atoms with van der Waals surface area (Å²) in [6.45, 7) is 2.79. The van der Waals surface area contributed by atoms with E-state index in [1.807, 2.05) is 60.5 Å². The minimum absolute atomic E-state index is 0.0985. The molecule has 0 spiro atoms. The number of carbonyl (C=O) groups is 2. The molecule has 5 heteroatoms. The van der Waals surface area contributed by atoms with Gasteiger partial charge in [0.2, 0.25) is 0 Å². The number of aliphatic hydroxyl groups is 1. The number of benzene rings is 3. The second-order valence-electron chi connectivity index (χ2n) is 7.91. The van der Waals surface area contributed by atoms with Crippen molar-refractivity contribution in [2.45, 2.75) is 19.8 Å². The quantitative estimate of drug-likeness (QED) is 0.334. The molecule has 0 saturated carbocycles. The Hall–Kier alpha value is -3.70. The minimum atomic E-state index is -0.176. The van der Waals surface area contributed by atoms with Crippen LogP contribution in [-0.2, 0) is 6.42 Å². The first-order valence-electron chi connectivity index (χ1n) is 11.1. The first-order chi connectivity index (χ1) is 16.0. The molecule has 0 unspecified atom stereocenters. The number of amides is 1. The molecule has 0 bridgehead atoms. The third kappa shape index (κ3) is 6.89. The summed E-state index contributed by atoms with van der Waals surface area (Å²) in [6, 6.07) is 22.3. The number of aliphatic hydroxyl groups excluding tert-OH is 1. The fourth-order valence-electron chi connectivity index (χ4n) is 3.42. The number of rotatable bonds is 10. The van der Waals surface area contributed by atoms with Crippen molar-refractivity contribution in [2.75, 3.05) is 30.4 Å². The number of allylic oxidation sites excluding steroid dienone is 1. The lowest BCUT2D eigenvalue weighted by molar-refractivity contribution is 0.102. The average Bonchev–Trinajstić information content (AvgIpc) is 2.84. The van der Waals surface area contributed by atoms with Crippen LogP contribution < -0.4 is 10.2 Å². The van der Waals surface area contributed by atoms with E-state index in [4.69, 9.17) is 5.11 Å². The maximum atomic E-state index is 12.5. The molecule has 3 aromatic rings. The maximum absolute atomic E-state index is 12.5. The first kappa shape index (κ1) is 24.0. The number of likely N-dealkylation sites (N-methyl/N-ethyl adjacent to an activating group) is 1. The van der Waals surface area contributed by atoms with Crippen LogP contribution >= 0.6 is 0 Å². The van der Waals surface area contributed by atoms with E-state index in [1.54, 1.807) is 30.3 Å². The highest BCUT2D eigenvalue weighted by molar-refractivity contribution is 6.08. The molecule has 0 aliphatic carbocycles. The summed E-state index contributed by atoms with van der Waals surface area (Å²) in [5.41, 5.74) is 4.93. The summed E-state index contributed by atoms with van der Waals surface area (Å²) in [4.78, 5) is 26.9. The van der Waals surface area contributed by atoms with Gasteiger partial charge in [-0.3, -0.25) is 9.59 Å². The summed E-state index contributed by atoms with van der Waals surface area (Å²) < 4.78 is 0. The van der Waals surface area contributed by atoms with Gasteiger partial charge in [-0.25, -0.2) is 0 Å². The van der Waals surface area contributed by atoms with Crippen LogP contribution in [0.5, 0.6) is 0 Å². The van der Waals surface area contributed by atoms with Crippen molar-refractivity contribution in [1.29, 1.82) is 0 Å². The summed E-state index contributed by atoms with van der Waals surface area (Å²) >= 11 is 0. The fraction of sp³-hybridized carbons (Fsp3) is 0.214. The second kappa shape index (κ2) is 11.8. The van der Waals surface area contributed by atoms with Crippen molar-refractivity contribution in [3.05, 3.63) is 101 Å². The molecule has 33 heavy (non-hydrogen) atoms. The lowest BCUT2D eigenvalue weighted by Crippen LogP contribution is -2.20. The van der Waals surface area contributed by atoms with Gasteiger partial charge in [0.15, 0.2) is 5.78 Å². The van der Waals surface area contributed by atoms with E-state index < -0.39 is 0 Å². The van der Waals surface area contributed by atoms with Crippen molar-refractivity contribution in [2.24, 2.45) is 0 Å². The molecule has 170 valence electrons. The van der Waals surface area contributed by atoms with E-state index in [0.717, 1.165) is 24.1 Å². The van der Waals surface area contributed by atoms with Crippen molar-refractivity contribution in [3.63, 3.8) is 0 Å². The Morgan fingerprint density at radius 3 is 2.15 bits per heavy atom. The SMILES string of the molecule is CCCc1ccc(C(=O)Nc2ccc(C(=O)/C=C/c3ccc(N(C)CCO)cc3)cc2)cc1. The second-order valence-corrected chi connectivity index (χ2v) is 7.91. The van der Waals surface area contributed by atoms with Crippen LogP contribution in [0.2, 0.25) is 0 Å². The Balaban J connectivity index is 1.57. The zero-order valence-corrected chi connectivity index (χ0v) is 19.1. The van der Waals surface area contributed by atoms with Crippen molar-refractivity contribution < 1.29 is 14.7 Å². The molecule has 0 saturated heterocycles. The predicted octanol–water partition coefficient (Wildman–Crippen LogP) is 5.22. The van der Waals surface area contributed by atoms with Crippen LogP contribution in [0, 0.1) is 0 Å². The molecular formula is C28H30N2O3. The lowest BCUT2D eigenvalue weighted by atomic mass is 10.1. The van der Waals surface area contributed by atoms with E-state index in [9.17, 15) is 9.59 Å². The molecule has 2 N–H and O–H groups in total. The molecule has 0 radical (unpaired) electrons. The number of aryl methyl sites for hydroxylation is 1. The van der Waals surface area contributed by atoms with E-state index in [1.165, 1.54) is 11.6 Å². The van der Waals surface area contributed by atoms with Crippen LogP contribution in [-0.4, -0.2) is 37.0 Å². The highest BCUT2D eigenvalue weighted by atomic mass is 16.3. The largest absolute Gasteiger partial charge is 0.395 e. The van der Waals surface area contributed by atoms with Crippen molar-refractivity contribution >= 4 is 29.1 Å². The molecule has 0 aromatic heterocycles. The Morgan fingerprint density at radius 2 is 1.55 bits per heavy atom. The number of anilines is 2. The van der Waals surface area contributed by atoms with Gasteiger partial charge in [-0.2, -0.15) is 0 Å². The smallest absolute Gasteiger partial charge is 0.255 e. The minimum Gasteiger partial charge on any atom is -0.395 e. The topological polar surface area (TPSA) is 69.6 Å². The maximum Gasteiger partial charge on any atom is 0.255 e. The lowest BCUT2D eigenvalue weighted by Gasteiger charge is -2.17. The van der Waals surface area contributed by atoms with Gasteiger partial charge >= 0.3 is 0 Å². The summed E-state index contributed by atoms with van der Waals surface area (Å²) in [5, 5.41) is 11.9. The van der Waals surface area contributed by atoms with Gasteiger partial charge in [0.05, 0.1) is 6.61 Å². The third-order valence-electron chi connectivity index (χ3n) is 5.38. The molecule has 1 amide bonds. The van der Waals surface area contributed by atoms with Gasteiger partial charge in [-0.15, -0.1) is 0 Å². The highest BCUT2D eigenvalue weighted by Gasteiger charge is 2.07. The summed E-state index contributed by atoms with van der Waals surface area (Å²) in [7, 11) is 1.92. The zero-order chi connectivity index (χ0) is 23.6. The van der Waals surface area contributed by atoms with Crippen LogP contribution in [0.4, 0.5) is 11.4 Å². The van der Waals surface area contributed by atoms with Gasteiger partial charge in [0.1, 0.15) is 0 Å². The Morgan fingerprint density at radius 1 is 0.909 bits per heavy atom. The molecule has 0 atom stereocenters. The molecule has 0 fully saturated rings. The number of hydrogen-bond donors (Lipinski definition) is 2. The number of hydrogen-bond acceptors (Lipinski definition) is 4. The van der Waals surface area contributed by atoms with Crippen molar-refractivity contribution in [3.8, 4) is 0 Å². The molecular weight excluding hydrogens is 412 g/mol. The van der Waals surface area contributed by atoms with E-state index in [-0.39, 0.29) is 18.3 Å². The number of ketones is 1. The standard InChI is InChI=1S/C28H30N2O3/c1-3-4-21-5-10-24(11-6-21)28(33)29-25-14-12-23(13-15-25)27(32)18-9-22-7-16-26(17-8-22)30(2)19-20-31/h5-18,31H,3-4,19-20H2,1-2H3,(H,29,33)/b18-9+. The fourth-order valence-corrected chi connectivity index (χ4v) is 3.42. The number of carbonyl (C=O) groups excluding carboxylic acids is 2. The van der Waals surface area contributed by atoms with E-state index >= 15 is 0 Å². The summed E-state index contributed by atoms with van der Waals surface area (Å²) in [5.74, 6) is -0.286. The molecule has 3 rings (SSSR count). The highest BCUT2D eigenvalue weighted by Crippen LogP contribution is 2.16. The Bertz CT molecular complexity index is 1090. The Kier molecular flexibility index (Phi) is 8.56. The van der Waals surface area contributed by atoms with Gasteiger partial charge in [-0.05, 0) is 72.2 Å². The van der Waals surface area contributed by atoms with Crippen LogP contribution in [0.1, 0.15) is 45.2 Å². The van der Waals surface area contributed by atoms with E-state index in [2.05, 4.69) is 12.2 Å². The predicted molar refractivity (Wildman–Crippen MR) is 135 cm³/mol. The first-order valence-corrected chi connectivity index (χ1v) is 11.1. The molecule has 0 aliphatic heterocycles. The van der Waals surface area contributed by atoms with E-state index in [0.29, 0.717) is 23.4 Å². The van der Waals surface area contributed by atoms with Gasteiger partial charge < -0.3 is 15.3 Å². The molecule has 5 nitrogen and oxygen atoms in total. The zero-order valence-electron chi connectivity index (χ0n) is 19.1. The van der Waals surface area contributed by atoms with Gasteiger partial charge in [-0.1, -0.05) is 43.7 Å². The van der Waals surface area contributed by atoms with Gasteiger partial charge in [0, 0.05) is 36.1 Å². The van der Waals surface area contributed by atoms with Crippen molar-refractivity contribution in [1.82, 2.24) is 0 Å². The Labute approximate surface area is 195 Å². The number of nitrogens with one attached hydrogen (secondary N) is 1. The summed E-state index contributed by atoms with van der Waals surface area (Å²) in [6.07, 6.45) is 5.38. The van der Waals surface area contributed by atoms with Crippen LogP contribution in [0.15, 0.2) is 78.9 Å². The van der Waals surface area contributed by atoms with Crippen LogP contribution in [0.3, 0.4) is 0 Å². The molecule has 3 aromatic carbocycles. The normalized spacial score (nSPS) is 10.9. The average molecular weight is 443 g/mol. The van der Waals surface area contributed by atoms with Crippen LogP contribution in [0.25, 0.3) is 6.08 Å². The van der Waals surface area contributed by atoms with Gasteiger partial charge in [0.25, 0.3) is 5.91 Å².